The first-order valence-electron chi connectivity index (χ1n) is 4.94. The van der Waals surface area contributed by atoms with Crippen LogP contribution in [0.4, 0.5) is 4.39 Å². The third kappa shape index (κ3) is 4.46. The molecule has 0 N–H and O–H groups in total. The highest BCUT2D eigenvalue weighted by Gasteiger charge is 2.06. The van der Waals surface area contributed by atoms with Crippen LogP contribution in [0.25, 0.3) is 0 Å². The maximum Gasteiger partial charge on any atom is 0.336 e. The van der Waals surface area contributed by atoms with E-state index in [2.05, 4.69) is 9.47 Å². The maximum absolute atomic E-state index is 13.1. The molecule has 1 aromatic rings. The lowest BCUT2D eigenvalue weighted by Crippen LogP contribution is -2.07. The number of esters is 2. The molecular weight excluding hydrogens is 227 g/mol. The van der Waals surface area contributed by atoms with Gasteiger partial charge in [0, 0.05) is 12.2 Å². The van der Waals surface area contributed by atoms with E-state index in [0.29, 0.717) is 0 Å². The highest BCUT2D eigenvalue weighted by molar-refractivity contribution is 5.92. The second kappa shape index (κ2) is 6.42. The van der Waals surface area contributed by atoms with Crippen LogP contribution in [-0.2, 0) is 14.3 Å². The number of carbonyl (C=O) groups excluding carboxylic acids is 2. The Morgan fingerprint density at radius 2 is 1.88 bits per heavy atom. The predicted molar refractivity (Wildman–Crippen MR) is 57.8 cm³/mol. The summed E-state index contributed by atoms with van der Waals surface area (Å²) in [6, 6.07) is 5.48. The Bertz CT molecular complexity index is 440. The number of rotatable bonds is 4. The number of halogens is 1. The Hall–Kier alpha value is -2.17. The topological polar surface area (TPSA) is 52.6 Å². The molecule has 90 valence electrons. The molecule has 1 aromatic carbocycles. The van der Waals surface area contributed by atoms with Crippen molar-refractivity contribution < 1.29 is 23.5 Å². The number of hydrogen-bond donors (Lipinski definition) is 0. The number of carbonyl (C=O) groups is 2. The molecule has 0 fully saturated rings. The van der Waals surface area contributed by atoms with Gasteiger partial charge in [-0.2, -0.15) is 0 Å². The van der Waals surface area contributed by atoms with Crippen LogP contribution in [0.1, 0.15) is 6.92 Å². The fraction of sp³-hybridized carbons (Fsp3) is 0.167. The quantitative estimate of drug-likeness (QED) is 0.456. The molecule has 0 saturated carbocycles. The van der Waals surface area contributed by atoms with E-state index in [1.165, 1.54) is 18.2 Å². The van der Waals surface area contributed by atoms with Crippen molar-refractivity contribution >= 4 is 11.9 Å². The predicted octanol–water partition coefficient (Wildman–Crippen LogP) is 1.85. The highest BCUT2D eigenvalue weighted by atomic mass is 19.1. The van der Waals surface area contributed by atoms with Crippen molar-refractivity contribution in [3.05, 3.63) is 42.2 Å². The van der Waals surface area contributed by atoms with E-state index in [4.69, 9.17) is 0 Å². The minimum absolute atomic E-state index is 0.189. The van der Waals surface area contributed by atoms with Gasteiger partial charge in [0.1, 0.15) is 0 Å². The molecule has 0 saturated heterocycles. The molecule has 0 aliphatic carbocycles. The number of ether oxygens (including phenoxy) is 2. The summed E-state index contributed by atoms with van der Waals surface area (Å²) in [6.45, 7) is 1.86. The molecule has 0 aromatic heterocycles. The Kier molecular flexibility index (Phi) is 4.87. The first-order valence-corrected chi connectivity index (χ1v) is 4.94. The molecule has 0 atom stereocenters. The van der Waals surface area contributed by atoms with E-state index < -0.39 is 17.8 Å². The Morgan fingerprint density at radius 1 is 1.24 bits per heavy atom. The van der Waals surface area contributed by atoms with Gasteiger partial charge < -0.3 is 9.47 Å². The number of hydrogen-bond acceptors (Lipinski definition) is 4. The van der Waals surface area contributed by atoms with Crippen LogP contribution in [0.2, 0.25) is 0 Å². The van der Waals surface area contributed by atoms with Crippen molar-refractivity contribution in [2.45, 2.75) is 6.92 Å². The molecule has 0 amide bonds. The van der Waals surface area contributed by atoms with Crippen LogP contribution in [-0.4, -0.2) is 18.5 Å². The van der Waals surface area contributed by atoms with Crippen LogP contribution < -0.4 is 4.74 Å². The van der Waals surface area contributed by atoms with Crippen LogP contribution in [0.5, 0.6) is 5.75 Å². The lowest BCUT2D eigenvalue weighted by molar-refractivity contribution is -0.138. The zero-order valence-corrected chi connectivity index (χ0v) is 9.18. The molecule has 4 nitrogen and oxygen atoms in total. The molecule has 0 unspecified atom stereocenters. The smallest absolute Gasteiger partial charge is 0.336 e. The summed E-state index contributed by atoms with van der Waals surface area (Å²) in [5, 5.41) is 0. The molecule has 1 rings (SSSR count). The molecule has 0 aliphatic rings. The van der Waals surface area contributed by atoms with E-state index in [-0.39, 0.29) is 12.4 Å². The lowest BCUT2D eigenvalue weighted by atomic mass is 10.3. The molecule has 0 radical (unpaired) electrons. The number of para-hydroxylation sites is 1. The largest absolute Gasteiger partial charge is 0.463 e. The van der Waals surface area contributed by atoms with E-state index in [9.17, 15) is 14.0 Å². The van der Waals surface area contributed by atoms with Gasteiger partial charge in [-0.15, -0.1) is 0 Å². The summed E-state index contributed by atoms with van der Waals surface area (Å²) in [7, 11) is 0. The van der Waals surface area contributed by atoms with Gasteiger partial charge in [0.15, 0.2) is 11.6 Å². The van der Waals surface area contributed by atoms with Gasteiger partial charge in [-0.25, -0.2) is 14.0 Å². The van der Waals surface area contributed by atoms with Gasteiger partial charge >= 0.3 is 11.9 Å². The van der Waals surface area contributed by atoms with Crippen molar-refractivity contribution in [1.29, 1.82) is 0 Å². The molecule has 17 heavy (non-hydrogen) atoms. The maximum atomic E-state index is 13.1. The van der Waals surface area contributed by atoms with E-state index >= 15 is 0 Å². The van der Waals surface area contributed by atoms with Crippen LogP contribution in [0.3, 0.4) is 0 Å². The minimum Gasteiger partial charge on any atom is -0.463 e. The van der Waals surface area contributed by atoms with Crippen molar-refractivity contribution in [1.82, 2.24) is 0 Å². The average Bonchev–Trinajstić information content (AvgIpc) is 2.30. The molecule has 0 bridgehead atoms. The van der Waals surface area contributed by atoms with E-state index in [1.807, 2.05) is 0 Å². The van der Waals surface area contributed by atoms with E-state index in [0.717, 1.165) is 18.2 Å². The monoisotopic (exact) mass is 238 g/mol. The van der Waals surface area contributed by atoms with Crippen molar-refractivity contribution in [3.63, 3.8) is 0 Å². The molecule has 0 spiro atoms. The SMILES string of the molecule is CCOC(=O)/C=C/C(=O)Oc1ccccc1F. The zero-order valence-electron chi connectivity index (χ0n) is 9.18. The van der Waals surface area contributed by atoms with Crippen molar-refractivity contribution in [2.24, 2.45) is 0 Å². The summed E-state index contributed by atoms with van der Waals surface area (Å²) in [5.41, 5.74) is 0. The molecule has 0 aliphatic heterocycles. The van der Waals surface area contributed by atoms with Crippen molar-refractivity contribution in [3.8, 4) is 5.75 Å². The van der Waals surface area contributed by atoms with Crippen LogP contribution in [0.15, 0.2) is 36.4 Å². The highest BCUT2D eigenvalue weighted by Crippen LogP contribution is 2.15. The third-order valence-electron chi connectivity index (χ3n) is 1.69. The first kappa shape index (κ1) is 12.9. The summed E-state index contributed by atoms with van der Waals surface area (Å²) < 4.78 is 22.3. The van der Waals surface area contributed by atoms with E-state index in [1.54, 1.807) is 6.92 Å². The summed E-state index contributed by atoms with van der Waals surface area (Å²) in [6.07, 6.45) is 1.80. The van der Waals surface area contributed by atoms with Gasteiger partial charge in [-0.3, -0.25) is 0 Å². The van der Waals surface area contributed by atoms with Gasteiger partial charge in [0.2, 0.25) is 0 Å². The second-order valence-electron chi connectivity index (χ2n) is 2.94. The fourth-order valence-corrected chi connectivity index (χ4v) is 0.996. The van der Waals surface area contributed by atoms with Gasteiger partial charge in [0.25, 0.3) is 0 Å². The fourth-order valence-electron chi connectivity index (χ4n) is 0.996. The summed E-state index contributed by atoms with van der Waals surface area (Å²) >= 11 is 0. The van der Waals surface area contributed by atoms with Crippen molar-refractivity contribution in [2.75, 3.05) is 6.61 Å². The van der Waals surface area contributed by atoms with Gasteiger partial charge in [-0.1, -0.05) is 12.1 Å². The summed E-state index contributed by atoms with van der Waals surface area (Å²) in [4.78, 5) is 22.1. The molecule has 0 heterocycles. The Morgan fingerprint density at radius 3 is 2.53 bits per heavy atom. The second-order valence-corrected chi connectivity index (χ2v) is 2.94. The molecule has 5 heteroatoms. The summed E-state index contributed by atoms with van der Waals surface area (Å²) in [5.74, 6) is -2.34. The minimum atomic E-state index is -0.844. The average molecular weight is 238 g/mol. The van der Waals surface area contributed by atoms with Crippen LogP contribution >= 0.6 is 0 Å². The lowest BCUT2D eigenvalue weighted by Gasteiger charge is -2.01. The Balaban J connectivity index is 2.56. The number of benzene rings is 1. The van der Waals surface area contributed by atoms with Gasteiger partial charge in [-0.05, 0) is 19.1 Å². The molecular formula is C12H11FO4. The third-order valence-corrected chi connectivity index (χ3v) is 1.69. The standard InChI is InChI=1S/C12H11FO4/c1-2-16-11(14)7-8-12(15)17-10-6-4-3-5-9(10)13/h3-8H,2H2,1H3/b8-7+. The Labute approximate surface area is 97.6 Å². The first-order chi connectivity index (χ1) is 8.13. The zero-order chi connectivity index (χ0) is 12.7. The normalized spacial score (nSPS) is 10.2. The van der Waals surface area contributed by atoms with Crippen LogP contribution in [0, 0.1) is 5.82 Å². The van der Waals surface area contributed by atoms with Gasteiger partial charge in [0.05, 0.1) is 6.61 Å².